The standard InChI is InChI=1S/C22H23FN2O/c1-13(2)22(26)24-16-10-11-20-19(12-16)17-4-3-5-18(17)21(25-20)14-6-8-15(23)9-7-14/h3-4,6-13,17-18,21,25H,5H2,1-2H3,(H,24,26). The van der Waals surface area contributed by atoms with Crippen LogP contribution in [0.15, 0.2) is 54.6 Å². The summed E-state index contributed by atoms with van der Waals surface area (Å²) in [5.74, 6) is 0.459. The van der Waals surface area contributed by atoms with E-state index in [-0.39, 0.29) is 23.7 Å². The number of carbonyl (C=O) groups excluding carboxylic acids is 1. The Kier molecular flexibility index (Phi) is 4.27. The normalized spacial score (nSPS) is 23.3. The van der Waals surface area contributed by atoms with Gasteiger partial charge in [-0.2, -0.15) is 0 Å². The maximum atomic E-state index is 13.3. The Morgan fingerprint density at radius 3 is 2.69 bits per heavy atom. The molecule has 134 valence electrons. The van der Waals surface area contributed by atoms with E-state index in [2.05, 4.69) is 28.9 Å². The highest BCUT2D eigenvalue weighted by atomic mass is 19.1. The van der Waals surface area contributed by atoms with E-state index in [9.17, 15) is 9.18 Å². The third-order valence-corrected chi connectivity index (χ3v) is 5.38. The first-order valence-electron chi connectivity index (χ1n) is 9.16. The molecule has 2 aromatic carbocycles. The average molecular weight is 350 g/mol. The van der Waals surface area contributed by atoms with Crippen molar-refractivity contribution in [3.8, 4) is 0 Å². The van der Waals surface area contributed by atoms with Crippen LogP contribution in [0.2, 0.25) is 0 Å². The number of hydrogen-bond donors (Lipinski definition) is 2. The van der Waals surface area contributed by atoms with Crippen LogP contribution >= 0.6 is 0 Å². The van der Waals surface area contributed by atoms with E-state index in [0.717, 1.165) is 23.4 Å². The van der Waals surface area contributed by atoms with Gasteiger partial charge in [0, 0.05) is 23.2 Å². The summed E-state index contributed by atoms with van der Waals surface area (Å²) >= 11 is 0. The van der Waals surface area contributed by atoms with Gasteiger partial charge >= 0.3 is 0 Å². The number of fused-ring (bicyclic) bond motifs is 3. The Balaban J connectivity index is 1.66. The van der Waals surface area contributed by atoms with Gasteiger partial charge in [-0.25, -0.2) is 4.39 Å². The van der Waals surface area contributed by atoms with E-state index in [4.69, 9.17) is 0 Å². The van der Waals surface area contributed by atoms with E-state index < -0.39 is 0 Å². The summed E-state index contributed by atoms with van der Waals surface area (Å²) in [7, 11) is 0. The van der Waals surface area contributed by atoms with Crippen LogP contribution in [0.25, 0.3) is 0 Å². The van der Waals surface area contributed by atoms with Crippen molar-refractivity contribution in [1.82, 2.24) is 0 Å². The molecule has 2 aromatic rings. The topological polar surface area (TPSA) is 41.1 Å². The van der Waals surface area contributed by atoms with E-state index in [1.54, 1.807) is 0 Å². The molecule has 0 bridgehead atoms. The Morgan fingerprint density at radius 1 is 1.19 bits per heavy atom. The Bertz CT molecular complexity index is 857. The number of rotatable bonds is 3. The second kappa shape index (κ2) is 6.60. The van der Waals surface area contributed by atoms with Crippen LogP contribution in [0.1, 0.15) is 43.4 Å². The Labute approximate surface area is 153 Å². The number of amides is 1. The van der Waals surface area contributed by atoms with Gasteiger partial charge < -0.3 is 10.6 Å². The minimum Gasteiger partial charge on any atom is -0.378 e. The molecule has 3 atom stereocenters. The summed E-state index contributed by atoms with van der Waals surface area (Å²) in [4.78, 5) is 12.0. The minimum atomic E-state index is -0.211. The number of anilines is 2. The number of benzene rings is 2. The second-order valence-electron chi connectivity index (χ2n) is 7.47. The SMILES string of the molecule is CC(C)C(=O)Nc1ccc2c(c1)C1C=CCC1C(c1ccc(F)cc1)N2. The van der Waals surface area contributed by atoms with Crippen LogP contribution in [0.3, 0.4) is 0 Å². The highest BCUT2D eigenvalue weighted by Crippen LogP contribution is 2.50. The van der Waals surface area contributed by atoms with Crippen molar-refractivity contribution < 1.29 is 9.18 Å². The summed E-state index contributed by atoms with van der Waals surface area (Å²) in [5, 5.41) is 6.62. The second-order valence-corrected chi connectivity index (χ2v) is 7.47. The molecule has 3 nitrogen and oxygen atoms in total. The van der Waals surface area contributed by atoms with Gasteiger partial charge in [-0.05, 0) is 53.8 Å². The fourth-order valence-corrected chi connectivity index (χ4v) is 3.96. The molecule has 2 N–H and O–H groups in total. The minimum absolute atomic E-state index is 0.0245. The van der Waals surface area contributed by atoms with Crippen molar-refractivity contribution in [2.24, 2.45) is 11.8 Å². The molecule has 4 heteroatoms. The van der Waals surface area contributed by atoms with Crippen LogP contribution in [-0.4, -0.2) is 5.91 Å². The predicted molar refractivity (Wildman–Crippen MR) is 103 cm³/mol. The predicted octanol–water partition coefficient (Wildman–Crippen LogP) is 5.25. The van der Waals surface area contributed by atoms with Crippen molar-refractivity contribution in [1.29, 1.82) is 0 Å². The summed E-state index contributed by atoms with van der Waals surface area (Å²) in [6, 6.07) is 13.0. The number of hydrogen-bond acceptors (Lipinski definition) is 2. The van der Waals surface area contributed by atoms with Crippen molar-refractivity contribution >= 4 is 17.3 Å². The molecular weight excluding hydrogens is 327 g/mol. The van der Waals surface area contributed by atoms with E-state index >= 15 is 0 Å². The third-order valence-electron chi connectivity index (χ3n) is 5.38. The largest absolute Gasteiger partial charge is 0.378 e. The average Bonchev–Trinajstić information content (AvgIpc) is 3.12. The van der Waals surface area contributed by atoms with Crippen molar-refractivity contribution in [3.63, 3.8) is 0 Å². The molecule has 2 aliphatic rings. The van der Waals surface area contributed by atoms with Gasteiger partial charge in [-0.3, -0.25) is 4.79 Å². The highest BCUT2D eigenvalue weighted by Gasteiger charge is 2.37. The van der Waals surface area contributed by atoms with Crippen LogP contribution in [0.5, 0.6) is 0 Å². The number of halogens is 1. The molecule has 0 aromatic heterocycles. The third kappa shape index (κ3) is 3.00. The number of nitrogens with one attached hydrogen (secondary N) is 2. The van der Waals surface area contributed by atoms with Gasteiger partial charge in [-0.1, -0.05) is 38.1 Å². The molecule has 0 fully saturated rings. The van der Waals surface area contributed by atoms with Crippen molar-refractivity contribution in [2.75, 3.05) is 10.6 Å². The Morgan fingerprint density at radius 2 is 1.96 bits per heavy atom. The summed E-state index contributed by atoms with van der Waals surface area (Å²) in [6.07, 6.45) is 5.47. The van der Waals surface area contributed by atoms with E-state index in [1.807, 2.05) is 38.1 Å². The van der Waals surface area contributed by atoms with Gasteiger partial charge in [0.2, 0.25) is 5.91 Å². The molecule has 0 saturated heterocycles. The monoisotopic (exact) mass is 350 g/mol. The lowest BCUT2D eigenvalue weighted by atomic mass is 9.77. The van der Waals surface area contributed by atoms with Crippen LogP contribution in [0.4, 0.5) is 15.8 Å². The summed E-state index contributed by atoms with van der Waals surface area (Å²) in [5.41, 5.74) is 4.23. The first-order chi connectivity index (χ1) is 12.5. The zero-order chi connectivity index (χ0) is 18.3. The zero-order valence-electron chi connectivity index (χ0n) is 15.0. The smallest absolute Gasteiger partial charge is 0.226 e. The summed E-state index contributed by atoms with van der Waals surface area (Å²) in [6.45, 7) is 3.77. The molecule has 0 radical (unpaired) electrons. The van der Waals surface area contributed by atoms with E-state index in [1.165, 1.54) is 17.7 Å². The van der Waals surface area contributed by atoms with Gasteiger partial charge in [-0.15, -0.1) is 0 Å². The molecule has 3 unspecified atom stereocenters. The molecule has 0 spiro atoms. The first kappa shape index (κ1) is 16.8. The molecule has 1 amide bonds. The van der Waals surface area contributed by atoms with E-state index in [0.29, 0.717) is 11.8 Å². The van der Waals surface area contributed by atoms with Gasteiger partial charge in [0.15, 0.2) is 0 Å². The molecule has 1 aliphatic heterocycles. The lowest BCUT2D eigenvalue weighted by Crippen LogP contribution is -2.29. The maximum absolute atomic E-state index is 13.3. The molecule has 4 rings (SSSR count). The molecule has 26 heavy (non-hydrogen) atoms. The summed E-state index contributed by atoms with van der Waals surface area (Å²) < 4.78 is 13.3. The first-order valence-corrected chi connectivity index (χ1v) is 9.16. The Hall–Kier alpha value is -2.62. The van der Waals surface area contributed by atoms with Gasteiger partial charge in [0.05, 0.1) is 6.04 Å². The van der Waals surface area contributed by atoms with Gasteiger partial charge in [0.25, 0.3) is 0 Å². The van der Waals surface area contributed by atoms with Crippen molar-refractivity contribution in [2.45, 2.75) is 32.2 Å². The van der Waals surface area contributed by atoms with Crippen LogP contribution < -0.4 is 10.6 Å². The maximum Gasteiger partial charge on any atom is 0.226 e. The zero-order valence-corrected chi connectivity index (χ0v) is 15.0. The molecule has 0 saturated carbocycles. The lowest BCUT2D eigenvalue weighted by Gasteiger charge is -2.37. The quantitative estimate of drug-likeness (QED) is 0.743. The highest BCUT2D eigenvalue weighted by molar-refractivity contribution is 5.92. The number of carbonyl (C=O) groups is 1. The van der Waals surface area contributed by atoms with Crippen LogP contribution in [-0.2, 0) is 4.79 Å². The fraction of sp³-hybridized carbons (Fsp3) is 0.318. The molecule has 1 heterocycles. The fourth-order valence-electron chi connectivity index (χ4n) is 3.96. The lowest BCUT2D eigenvalue weighted by molar-refractivity contribution is -0.118. The van der Waals surface area contributed by atoms with Gasteiger partial charge in [0.1, 0.15) is 5.82 Å². The molecule has 1 aliphatic carbocycles. The van der Waals surface area contributed by atoms with Crippen LogP contribution in [0, 0.1) is 17.7 Å². The molecular formula is C22H23FN2O. The number of allylic oxidation sites excluding steroid dienone is 2. The van der Waals surface area contributed by atoms with Crippen molar-refractivity contribution in [3.05, 3.63) is 71.6 Å².